The lowest BCUT2D eigenvalue weighted by molar-refractivity contribution is 0.0601. The maximum absolute atomic E-state index is 11.4. The van der Waals surface area contributed by atoms with Crippen molar-refractivity contribution in [2.24, 2.45) is 0 Å². The molecular formula is C15H11ClO3. The zero-order chi connectivity index (χ0) is 13.8. The van der Waals surface area contributed by atoms with Gasteiger partial charge in [0, 0.05) is 10.6 Å². The fourth-order valence-corrected chi connectivity index (χ4v) is 1.92. The van der Waals surface area contributed by atoms with Crippen molar-refractivity contribution in [3.05, 3.63) is 58.6 Å². The molecule has 0 spiro atoms. The molecule has 0 aliphatic rings. The highest BCUT2D eigenvalue weighted by Gasteiger charge is 2.10. The lowest BCUT2D eigenvalue weighted by Crippen LogP contribution is -2.02. The lowest BCUT2D eigenvalue weighted by atomic mass is 9.98. The van der Waals surface area contributed by atoms with Gasteiger partial charge in [0.15, 0.2) is 6.29 Å². The molecule has 0 saturated heterocycles. The van der Waals surface area contributed by atoms with Gasteiger partial charge in [-0.25, -0.2) is 4.79 Å². The first-order valence-corrected chi connectivity index (χ1v) is 5.97. The van der Waals surface area contributed by atoms with E-state index in [1.165, 1.54) is 13.2 Å². The summed E-state index contributed by atoms with van der Waals surface area (Å²) >= 11 is 5.83. The Morgan fingerprint density at radius 1 is 1.16 bits per heavy atom. The summed E-state index contributed by atoms with van der Waals surface area (Å²) in [6.07, 6.45) is 0.719. The molecule has 0 aliphatic carbocycles. The number of hydrogen-bond donors (Lipinski definition) is 0. The summed E-state index contributed by atoms with van der Waals surface area (Å²) in [6.45, 7) is 0. The summed E-state index contributed by atoms with van der Waals surface area (Å²) in [5.41, 5.74) is 2.40. The minimum atomic E-state index is -0.467. The molecule has 3 nitrogen and oxygen atoms in total. The monoisotopic (exact) mass is 274 g/mol. The van der Waals surface area contributed by atoms with Gasteiger partial charge in [-0.3, -0.25) is 4.79 Å². The van der Waals surface area contributed by atoms with E-state index in [9.17, 15) is 9.59 Å². The van der Waals surface area contributed by atoms with Gasteiger partial charge in [-0.2, -0.15) is 0 Å². The second kappa shape index (κ2) is 5.67. The van der Waals surface area contributed by atoms with Gasteiger partial charge in [-0.15, -0.1) is 0 Å². The predicted molar refractivity (Wildman–Crippen MR) is 73.6 cm³/mol. The molecule has 0 aromatic heterocycles. The van der Waals surface area contributed by atoms with E-state index in [4.69, 9.17) is 11.6 Å². The predicted octanol–water partition coefficient (Wildman–Crippen LogP) is 3.61. The van der Waals surface area contributed by atoms with Crippen molar-refractivity contribution in [2.45, 2.75) is 0 Å². The highest BCUT2D eigenvalue weighted by Crippen LogP contribution is 2.25. The third kappa shape index (κ3) is 2.83. The summed E-state index contributed by atoms with van der Waals surface area (Å²) in [7, 11) is 1.30. The maximum Gasteiger partial charge on any atom is 0.337 e. The van der Waals surface area contributed by atoms with E-state index in [0.717, 1.165) is 17.4 Å². The summed E-state index contributed by atoms with van der Waals surface area (Å²) in [4.78, 5) is 22.6. The Balaban J connectivity index is 2.49. The summed E-state index contributed by atoms with van der Waals surface area (Å²) in [6, 6.07) is 12.0. The largest absolute Gasteiger partial charge is 0.465 e. The Kier molecular flexibility index (Phi) is 3.97. The number of methoxy groups -OCH3 is 1. The van der Waals surface area contributed by atoms with Gasteiger partial charge in [0.05, 0.1) is 12.7 Å². The van der Waals surface area contributed by atoms with Crippen molar-refractivity contribution in [1.29, 1.82) is 0 Å². The number of carbonyl (C=O) groups excluding carboxylic acids is 2. The quantitative estimate of drug-likeness (QED) is 0.634. The van der Waals surface area contributed by atoms with Crippen LogP contribution in [0.5, 0.6) is 0 Å². The van der Waals surface area contributed by atoms with E-state index in [2.05, 4.69) is 4.74 Å². The van der Waals surface area contributed by atoms with Crippen LogP contribution in [-0.4, -0.2) is 19.4 Å². The Morgan fingerprint density at radius 3 is 2.42 bits per heavy atom. The van der Waals surface area contributed by atoms with Crippen LogP contribution in [0.15, 0.2) is 42.5 Å². The van der Waals surface area contributed by atoms with Crippen LogP contribution in [0.3, 0.4) is 0 Å². The van der Waals surface area contributed by atoms with Crippen molar-refractivity contribution >= 4 is 23.9 Å². The average Bonchev–Trinajstić information content (AvgIpc) is 2.46. The van der Waals surface area contributed by atoms with E-state index in [-0.39, 0.29) is 0 Å². The van der Waals surface area contributed by atoms with Crippen LogP contribution in [0.25, 0.3) is 11.1 Å². The van der Waals surface area contributed by atoms with Crippen molar-refractivity contribution in [3.63, 3.8) is 0 Å². The molecule has 0 fully saturated rings. The number of rotatable bonds is 3. The molecule has 0 unspecified atom stereocenters. The van der Waals surface area contributed by atoms with E-state index < -0.39 is 5.97 Å². The molecule has 0 heterocycles. The number of carbonyl (C=O) groups is 2. The second-order valence-electron chi connectivity index (χ2n) is 3.92. The molecule has 2 aromatic rings. The molecule has 19 heavy (non-hydrogen) atoms. The second-order valence-corrected chi connectivity index (χ2v) is 4.35. The Labute approximate surface area is 115 Å². The molecular weight excluding hydrogens is 264 g/mol. The maximum atomic E-state index is 11.4. The number of esters is 1. The van der Waals surface area contributed by atoms with Crippen LogP contribution in [-0.2, 0) is 4.74 Å². The van der Waals surface area contributed by atoms with Gasteiger partial charge in [-0.1, -0.05) is 29.8 Å². The third-order valence-electron chi connectivity index (χ3n) is 2.75. The minimum Gasteiger partial charge on any atom is -0.465 e. The number of benzene rings is 2. The van der Waals surface area contributed by atoms with E-state index in [0.29, 0.717) is 16.1 Å². The fraction of sp³-hybridized carbons (Fsp3) is 0.0667. The average molecular weight is 275 g/mol. The molecule has 2 aromatic carbocycles. The highest BCUT2D eigenvalue weighted by atomic mass is 35.5. The number of ether oxygens (including phenoxy) is 1. The van der Waals surface area contributed by atoms with Crippen LogP contribution in [0.1, 0.15) is 20.7 Å². The van der Waals surface area contributed by atoms with Gasteiger partial charge in [0.25, 0.3) is 0 Å². The molecule has 0 saturated carbocycles. The number of aldehydes is 1. The van der Waals surface area contributed by atoms with Gasteiger partial charge >= 0.3 is 5.97 Å². The standard InChI is InChI=1S/C15H11ClO3/c1-19-15(18)11-4-7-14(12(8-11)9-17)10-2-5-13(16)6-3-10/h2-9H,1H3. The fourth-order valence-electron chi connectivity index (χ4n) is 1.80. The van der Waals surface area contributed by atoms with Crippen LogP contribution in [0.4, 0.5) is 0 Å². The zero-order valence-electron chi connectivity index (χ0n) is 10.2. The molecule has 2 rings (SSSR count). The van der Waals surface area contributed by atoms with Gasteiger partial charge in [-0.05, 0) is 35.4 Å². The molecule has 0 bridgehead atoms. The van der Waals surface area contributed by atoms with E-state index in [1.807, 2.05) is 12.1 Å². The van der Waals surface area contributed by atoms with Crippen LogP contribution in [0.2, 0.25) is 5.02 Å². The Morgan fingerprint density at radius 2 is 1.84 bits per heavy atom. The topological polar surface area (TPSA) is 43.4 Å². The lowest BCUT2D eigenvalue weighted by Gasteiger charge is -2.07. The van der Waals surface area contributed by atoms with Gasteiger partial charge in [0.1, 0.15) is 0 Å². The molecule has 0 aliphatic heterocycles. The SMILES string of the molecule is COC(=O)c1ccc(-c2ccc(Cl)cc2)c(C=O)c1. The third-order valence-corrected chi connectivity index (χ3v) is 3.01. The molecule has 0 N–H and O–H groups in total. The number of halogens is 1. The molecule has 96 valence electrons. The first-order chi connectivity index (χ1) is 9.15. The first-order valence-electron chi connectivity index (χ1n) is 5.59. The zero-order valence-corrected chi connectivity index (χ0v) is 11.0. The molecule has 4 heteroatoms. The molecule has 0 amide bonds. The van der Waals surface area contributed by atoms with Crippen LogP contribution in [0, 0.1) is 0 Å². The summed E-state index contributed by atoms with van der Waals surface area (Å²) < 4.78 is 4.62. The normalized spacial score (nSPS) is 10.0. The van der Waals surface area contributed by atoms with Crippen molar-refractivity contribution < 1.29 is 14.3 Å². The van der Waals surface area contributed by atoms with E-state index in [1.54, 1.807) is 24.3 Å². The smallest absolute Gasteiger partial charge is 0.337 e. The molecule has 0 atom stereocenters. The Bertz CT molecular complexity index is 618. The van der Waals surface area contributed by atoms with Gasteiger partial charge < -0.3 is 4.74 Å². The first kappa shape index (κ1) is 13.3. The minimum absolute atomic E-state index is 0.349. The molecule has 0 radical (unpaired) electrons. The number of hydrogen-bond acceptors (Lipinski definition) is 3. The van der Waals surface area contributed by atoms with Crippen LogP contribution >= 0.6 is 11.6 Å². The van der Waals surface area contributed by atoms with E-state index >= 15 is 0 Å². The van der Waals surface area contributed by atoms with Gasteiger partial charge in [0.2, 0.25) is 0 Å². The Hall–Kier alpha value is -2.13. The summed E-state index contributed by atoms with van der Waals surface area (Å²) in [5, 5.41) is 0.627. The summed E-state index contributed by atoms with van der Waals surface area (Å²) in [5.74, 6) is -0.467. The van der Waals surface area contributed by atoms with Crippen LogP contribution < -0.4 is 0 Å². The van der Waals surface area contributed by atoms with Crippen molar-refractivity contribution in [2.75, 3.05) is 7.11 Å². The van der Waals surface area contributed by atoms with Crippen molar-refractivity contribution in [1.82, 2.24) is 0 Å². The van der Waals surface area contributed by atoms with Crippen molar-refractivity contribution in [3.8, 4) is 11.1 Å². The highest BCUT2D eigenvalue weighted by molar-refractivity contribution is 6.30.